The summed E-state index contributed by atoms with van der Waals surface area (Å²) >= 11 is 0. The number of rotatable bonds is 4. The Morgan fingerprint density at radius 3 is 2.79 bits per heavy atom. The highest BCUT2D eigenvalue weighted by atomic mass is 16.2. The van der Waals surface area contributed by atoms with Crippen LogP contribution in [-0.2, 0) is 20.9 Å². The quantitative estimate of drug-likeness (QED) is 0.905. The second-order valence-corrected chi connectivity index (χ2v) is 6.57. The van der Waals surface area contributed by atoms with Gasteiger partial charge in [0, 0.05) is 45.2 Å². The number of hydrogen-bond donors (Lipinski definition) is 1. The van der Waals surface area contributed by atoms with Crippen LogP contribution in [0.5, 0.6) is 0 Å². The third-order valence-corrected chi connectivity index (χ3v) is 4.72. The van der Waals surface area contributed by atoms with E-state index in [9.17, 15) is 14.4 Å². The molecule has 1 aromatic carbocycles. The van der Waals surface area contributed by atoms with Crippen molar-refractivity contribution < 1.29 is 14.4 Å². The average Bonchev–Trinajstić information content (AvgIpc) is 2.92. The van der Waals surface area contributed by atoms with Crippen molar-refractivity contribution in [2.24, 2.45) is 5.92 Å². The monoisotopic (exact) mass is 329 g/mol. The summed E-state index contributed by atoms with van der Waals surface area (Å²) in [5.41, 5.74) is 1.85. The molecule has 2 heterocycles. The van der Waals surface area contributed by atoms with Crippen LogP contribution in [0.2, 0.25) is 0 Å². The lowest BCUT2D eigenvalue weighted by Crippen LogP contribution is -2.35. The Kier molecular flexibility index (Phi) is 4.83. The van der Waals surface area contributed by atoms with Crippen LogP contribution < -0.4 is 10.2 Å². The van der Waals surface area contributed by atoms with Crippen molar-refractivity contribution in [3.63, 3.8) is 0 Å². The van der Waals surface area contributed by atoms with Crippen LogP contribution >= 0.6 is 0 Å². The molecule has 1 unspecified atom stereocenters. The molecule has 0 bridgehead atoms. The first-order chi connectivity index (χ1) is 11.5. The van der Waals surface area contributed by atoms with E-state index in [0.29, 0.717) is 19.5 Å². The highest BCUT2D eigenvalue weighted by Crippen LogP contribution is 2.22. The SMILES string of the molecule is CN1CC(C(=O)NCc2cccc(N3CCCCC3=O)c2)CC1=O. The summed E-state index contributed by atoms with van der Waals surface area (Å²) in [5, 5.41) is 2.90. The Bertz CT molecular complexity index is 659. The summed E-state index contributed by atoms with van der Waals surface area (Å²) in [5.74, 6) is -0.183. The summed E-state index contributed by atoms with van der Waals surface area (Å²) in [6.45, 7) is 1.64. The van der Waals surface area contributed by atoms with Gasteiger partial charge in [-0.25, -0.2) is 0 Å². The first-order valence-electron chi connectivity index (χ1n) is 8.45. The summed E-state index contributed by atoms with van der Waals surface area (Å²) in [6, 6.07) is 7.73. The van der Waals surface area contributed by atoms with E-state index >= 15 is 0 Å². The van der Waals surface area contributed by atoms with Crippen molar-refractivity contribution in [3.8, 4) is 0 Å². The molecular formula is C18H23N3O3. The number of amides is 3. The maximum Gasteiger partial charge on any atom is 0.226 e. The lowest BCUT2D eigenvalue weighted by Gasteiger charge is -2.27. The van der Waals surface area contributed by atoms with Gasteiger partial charge in [0.1, 0.15) is 0 Å². The number of carbonyl (C=O) groups excluding carboxylic acids is 3. The van der Waals surface area contributed by atoms with Gasteiger partial charge in [-0.3, -0.25) is 14.4 Å². The highest BCUT2D eigenvalue weighted by molar-refractivity contribution is 5.94. The Balaban J connectivity index is 1.60. The summed E-state index contributed by atoms with van der Waals surface area (Å²) in [6.07, 6.45) is 2.87. The van der Waals surface area contributed by atoms with Gasteiger partial charge in [-0.2, -0.15) is 0 Å². The third-order valence-electron chi connectivity index (χ3n) is 4.72. The Hall–Kier alpha value is -2.37. The van der Waals surface area contributed by atoms with Gasteiger partial charge < -0.3 is 15.1 Å². The lowest BCUT2D eigenvalue weighted by atomic mass is 10.1. The van der Waals surface area contributed by atoms with E-state index < -0.39 is 0 Å². The number of carbonyl (C=O) groups is 3. The van der Waals surface area contributed by atoms with Gasteiger partial charge >= 0.3 is 0 Å². The number of piperidine rings is 1. The fourth-order valence-electron chi connectivity index (χ4n) is 3.29. The zero-order valence-corrected chi connectivity index (χ0v) is 14.0. The number of anilines is 1. The van der Waals surface area contributed by atoms with Gasteiger partial charge in [0.05, 0.1) is 5.92 Å². The van der Waals surface area contributed by atoms with E-state index in [4.69, 9.17) is 0 Å². The van der Waals surface area contributed by atoms with Crippen LogP contribution in [0, 0.1) is 5.92 Å². The van der Waals surface area contributed by atoms with Gasteiger partial charge in [-0.1, -0.05) is 12.1 Å². The van der Waals surface area contributed by atoms with Crippen molar-refractivity contribution in [3.05, 3.63) is 29.8 Å². The molecule has 2 fully saturated rings. The van der Waals surface area contributed by atoms with Crippen molar-refractivity contribution in [2.75, 3.05) is 25.0 Å². The van der Waals surface area contributed by atoms with Gasteiger partial charge in [-0.15, -0.1) is 0 Å². The van der Waals surface area contributed by atoms with Crippen LogP contribution in [0.3, 0.4) is 0 Å². The number of hydrogen-bond acceptors (Lipinski definition) is 3. The van der Waals surface area contributed by atoms with Gasteiger partial charge in [0.15, 0.2) is 0 Å². The fraction of sp³-hybridized carbons (Fsp3) is 0.500. The number of nitrogens with one attached hydrogen (secondary N) is 1. The molecule has 2 aliphatic heterocycles. The Morgan fingerprint density at radius 2 is 2.08 bits per heavy atom. The van der Waals surface area contributed by atoms with E-state index in [0.717, 1.165) is 30.6 Å². The van der Waals surface area contributed by atoms with Crippen molar-refractivity contribution in [1.29, 1.82) is 0 Å². The normalized spacial score (nSPS) is 21.3. The zero-order chi connectivity index (χ0) is 17.1. The Morgan fingerprint density at radius 1 is 1.25 bits per heavy atom. The minimum absolute atomic E-state index is 0.0146. The van der Waals surface area contributed by atoms with Crippen molar-refractivity contribution in [2.45, 2.75) is 32.2 Å². The third kappa shape index (κ3) is 3.58. The molecule has 0 aromatic heterocycles. The Labute approximate surface area is 141 Å². The first kappa shape index (κ1) is 16.5. The van der Waals surface area contributed by atoms with Crippen LogP contribution in [0.1, 0.15) is 31.2 Å². The van der Waals surface area contributed by atoms with Gasteiger partial charge in [-0.05, 0) is 30.5 Å². The van der Waals surface area contributed by atoms with E-state index in [-0.39, 0.29) is 30.1 Å². The molecule has 2 aliphatic rings. The fourth-order valence-corrected chi connectivity index (χ4v) is 3.29. The summed E-state index contributed by atoms with van der Waals surface area (Å²) < 4.78 is 0. The number of nitrogens with zero attached hydrogens (tertiary/aromatic N) is 2. The molecule has 1 N–H and O–H groups in total. The highest BCUT2D eigenvalue weighted by Gasteiger charge is 2.31. The summed E-state index contributed by atoms with van der Waals surface area (Å²) in [7, 11) is 1.72. The molecular weight excluding hydrogens is 306 g/mol. The minimum atomic E-state index is -0.269. The van der Waals surface area contributed by atoms with Crippen LogP contribution in [0.25, 0.3) is 0 Å². The molecule has 128 valence electrons. The van der Waals surface area contributed by atoms with E-state index in [1.54, 1.807) is 11.9 Å². The predicted octanol–water partition coefficient (Wildman–Crippen LogP) is 1.30. The molecule has 2 saturated heterocycles. The summed E-state index contributed by atoms with van der Waals surface area (Å²) in [4.78, 5) is 39.2. The maximum atomic E-state index is 12.2. The van der Waals surface area contributed by atoms with E-state index in [2.05, 4.69) is 5.32 Å². The van der Waals surface area contributed by atoms with Crippen molar-refractivity contribution in [1.82, 2.24) is 10.2 Å². The molecule has 1 atom stereocenters. The molecule has 3 amide bonds. The van der Waals surface area contributed by atoms with Crippen LogP contribution in [-0.4, -0.2) is 42.8 Å². The first-order valence-corrected chi connectivity index (χ1v) is 8.45. The van der Waals surface area contributed by atoms with Crippen molar-refractivity contribution >= 4 is 23.4 Å². The molecule has 24 heavy (non-hydrogen) atoms. The minimum Gasteiger partial charge on any atom is -0.352 e. The van der Waals surface area contributed by atoms with Gasteiger partial charge in [0.2, 0.25) is 17.7 Å². The molecule has 6 heteroatoms. The smallest absolute Gasteiger partial charge is 0.226 e. The zero-order valence-electron chi connectivity index (χ0n) is 14.0. The maximum absolute atomic E-state index is 12.2. The second-order valence-electron chi connectivity index (χ2n) is 6.57. The standard InChI is InChI=1S/C18H23N3O3/c1-20-12-14(10-17(20)23)18(24)19-11-13-5-4-6-15(9-13)21-8-3-2-7-16(21)22/h4-6,9,14H,2-3,7-8,10-12H2,1H3,(H,19,24). The topological polar surface area (TPSA) is 69.7 Å². The lowest BCUT2D eigenvalue weighted by molar-refractivity contribution is -0.128. The van der Waals surface area contributed by atoms with E-state index in [1.807, 2.05) is 29.2 Å². The van der Waals surface area contributed by atoms with E-state index in [1.165, 1.54) is 0 Å². The molecule has 3 rings (SSSR count). The molecule has 0 radical (unpaired) electrons. The van der Waals surface area contributed by atoms with Crippen LogP contribution in [0.4, 0.5) is 5.69 Å². The largest absolute Gasteiger partial charge is 0.352 e. The molecule has 6 nitrogen and oxygen atoms in total. The average molecular weight is 329 g/mol. The number of likely N-dealkylation sites (tertiary alicyclic amines) is 1. The second kappa shape index (κ2) is 7.03. The number of benzene rings is 1. The molecule has 0 saturated carbocycles. The molecule has 1 aromatic rings. The van der Waals surface area contributed by atoms with Crippen LogP contribution in [0.15, 0.2) is 24.3 Å². The predicted molar refractivity (Wildman–Crippen MR) is 90.2 cm³/mol. The molecule has 0 aliphatic carbocycles. The molecule has 0 spiro atoms. The van der Waals surface area contributed by atoms with Gasteiger partial charge in [0.25, 0.3) is 0 Å².